The van der Waals surface area contributed by atoms with Crippen molar-refractivity contribution >= 4 is 11.9 Å². The van der Waals surface area contributed by atoms with Crippen LogP contribution in [-0.2, 0) is 10.2 Å². The predicted octanol–water partition coefficient (Wildman–Crippen LogP) is 2.96. The van der Waals surface area contributed by atoms with Crippen molar-refractivity contribution in [2.75, 3.05) is 13.1 Å². The van der Waals surface area contributed by atoms with Gasteiger partial charge in [0.2, 0.25) is 0 Å². The number of aliphatic carboxylic acids is 1. The number of hydrogen-bond acceptors (Lipinski definition) is 3. The Bertz CT molecular complexity index is 821. The zero-order chi connectivity index (χ0) is 19.1. The van der Waals surface area contributed by atoms with E-state index < -0.39 is 11.9 Å². The van der Waals surface area contributed by atoms with Crippen LogP contribution in [-0.4, -0.2) is 44.8 Å². The summed E-state index contributed by atoms with van der Waals surface area (Å²) in [4.78, 5) is 26.2. The quantitative estimate of drug-likeness (QED) is 0.918. The van der Waals surface area contributed by atoms with Crippen molar-refractivity contribution in [1.29, 1.82) is 0 Å². The fourth-order valence-corrected chi connectivity index (χ4v) is 3.42. The summed E-state index contributed by atoms with van der Waals surface area (Å²) in [6.07, 6.45) is 1.76. The molecule has 6 heteroatoms. The van der Waals surface area contributed by atoms with Crippen LogP contribution in [0.3, 0.4) is 0 Å². The zero-order valence-corrected chi connectivity index (χ0v) is 15.6. The fraction of sp³-hybridized carbons (Fsp3) is 0.450. The van der Waals surface area contributed by atoms with Crippen molar-refractivity contribution in [2.24, 2.45) is 11.8 Å². The van der Waals surface area contributed by atoms with E-state index in [0.29, 0.717) is 12.1 Å². The Morgan fingerprint density at radius 3 is 2.35 bits per heavy atom. The first-order valence-electron chi connectivity index (χ1n) is 8.86. The van der Waals surface area contributed by atoms with E-state index in [4.69, 9.17) is 0 Å². The molecule has 6 nitrogen and oxygen atoms in total. The van der Waals surface area contributed by atoms with Crippen LogP contribution in [0.5, 0.6) is 0 Å². The average molecular weight is 355 g/mol. The minimum absolute atomic E-state index is 0.0568. The Hall–Kier alpha value is -2.63. The second-order valence-corrected chi connectivity index (χ2v) is 8.05. The lowest BCUT2D eigenvalue weighted by molar-refractivity contribution is -0.142. The van der Waals surface area contributed by atoms with Gasteiger partial charge in [-0.25, -0.2) is 4.68 Å². The second-order valence-electron chi connectivity index (χ2n) is 8.05. The summed E-state index contributed by atoms with van der Waals surface area (Å²) in [7, 11) is 0. The molecule has 0 saturated carbocycles. The molecular weight excluding hydrogens is 330 g/mol. The first-order valence-corrected chi connectivity index (χ1v) is 8.86. The third-order valence-electron chi connectivity index (χ3n) is 4.89. The van der Waals surface area contributed by atoms with Gasteiger partial charge in [0.25, 0.3) is 5.91 Å². The number of hydrogen-bond donors (Lipinski definition) is 1. The molecule has 3 rings (SSSR count). The smallest absolute Gasteiger partial charge is 0.308 e. The molecule has 2 atom stereocenters. The van der Waals surface area contributed by atoms with Crippen LogP contribution in [0.4, 0.5) is 0 Å². The molecule has 0 bridgehead atoms. The molecule has 0 radical (unpaired) electrons. The van der Waals surface area contributed by atoms with Gasteiger partial charge < -0.3 is 10.0 Å². The Morgan fingerprint density at radius 2 is 1.81 bits per heavy atom. The maximum absolute atomic E-state index is 13.2. The van der Waals surface area contributed by atoms with Crippen LogP contribution < -0.4 is 0 Å². The molecule has 1 N–H and O–H groups in total. The van der Waals surface area contributed by atoms with E-state index in [9.17, 15) is 14.7 Å². The van der Waals surface area contributed by atoms with Crippen molar-refractivity contribution in [2.45, 2.75) is 33.1 Å². The zero-order valence-electron chi connectivity index (χ0n) is 15.6. The van der Waals surface area contributed by atoms with Gasteiger partial charge in [0.05, 0.1) is 22.9 Å². The van der Waals surface area contributed by atoms with E-state index in [1.54, 1.807) is 15.8 Å². The van der Waals surface area contributed by atoms with Gasteiger partial charge in [-0.1, -0.05) is 45.9 Å². The fourth-order valence-electron chi connectivity index (χ4n) is 3.42. The van der Waals surface area contributed by atoms with Gasteiger partial charge in [0.15, 0.2) is 0 Å². The van der Waals surface area contributed by atoms with E-state index in [2.05, 4.69) is 5.10 Å². The van der Waals surface area contributed by atoms with Gasteiger partial charge >= 0.3 is 5.97 Å². The lowest BCUT2D eigenvalue weighted by atomic mass is 9.89. The topological polar surface area (TPSA) is 75.4 Å². The van der Waals surface area contributed by atoms with Gasteiger partial charge in [-0.3, -0.25) is 9.59 Å². The number of para-hydroxylation sites is 1. The van der Waals surface area contributed by atoms with Crippen LogP contribution in [0, 0.1) is 11.8 Å². The molecule has 1 amide bonds. The van der Waals surface area contributed by atoms with Gasteiger partial charge in [-0.2, -0.15) is 5.10 Å². The summed E-state index contributed by atoms with van der Waals surface area (Å²) in [6, 6.07) is 9.66. The Kier molecular flexibility index (Phi) is 4.61. The molecule has 1 aromatic heterocycles. The summed E-state index contributed by atoms with van der Waals surface area (Å²) < 4.78 is 1.72. The third-order valence-corrected chi connectivity index (χ3v) is 4.89. The Labute approximate surface area is 153 Å². The summed E-state index contributed by atoms with van der Waals surface area (Å²) in [5.41, 5.74) is 1.84. The van der Waals surface area contributed by atoms with E-state index >= 15 is 0 Å². The molecular formula is C20H25N3O3. The summed E-state index contributed by atoms with van der Waals surface area (Å²) in [5.74, 6) is -1.56. The first kappa shape index (κ1) is 18.2. The van der Waals surface area contributed by atoms with E-state index in [1.165, 1.54) is 0 Å². The lowest BCUT2D eigenvalue weighted by Gasteiger charge is -2.20. The van der Waals surface area contributed by atoms with Crippen molar-refractivity contribution in [3.05, 3.63) is 47.8 Å². The maximum Gasteiger partial charge on any atom is 0.308 e. The highest BCUT2D eigenvalue weighted by Gasteiger charge is 2.39. The van der Waals surface area contributed by atoms with Crippen LogP contribution in [0.2, 0.25) is 0 Å². The van der Waals surface area contributed by atoms with Crippen LogP contribution in [0.25, 0.3) is 5.69 Å². The first-order chi connectivity index (χ1) is 12.2. The molecule has 2 aromatic rings. The van der Waals surface area contributed by atoms with Gasteiger partial charge in [-0.15, -0.1) is 0 Å². The number of likely N-dealkylation sites (tertiary alicyclic amines) is 1. The highest BCUT2D eigenvalue weighted by Crippen LogP contribution is 2.30. The minimum atomic E-state index is -0.844. The predicted molar refractivity (Wildman–Crippen MR) is 98.5 cm³/mol. The van der Waals surface area contributed by atoms with Gasteiger partial charge in [0, 0.05) is 24.7 Å². The average Bonchev–Trinajstić information content (AvgIpc) is 3.19. The van der Waals surface area contributed by atoms with Crippen LogP contribution >= 0.6 is 0 Å². The highest BCUT2D eigenvalue weighted by atomic mass is 16.4. The number of carbonyl (C=O) groups excluding carboxylic acids is 1. The molecule has 0 unspecified atom stereocenters. The molecule has 26 heavy (non-hydrogen) atoms. The number of aromatic nitrogens is 2. The maximum atomic E-state index is 13.2. The van der Waals surface area contributed by atoms with Crippen LogP contribution in [0.15, 0.2) is 36.5 Å². The molecule has 138 valence electrons. The largest absolute Gasteiger partial charge is 0.481 e. The number of rotatable bonds is 3. The third kappa shape index (κ3) is 3.36. The number of carboxylic acids is 1. The SMILES string of the molecule is C[C@@H]1CN(C(=O)c2cn(-c3ccccc3)nc2C(C)(C)C)C[C@H]1C(=O)O. The Morgan fingerprint density at radius 1 is 1.15 bits per heavy atom. The minimum Gasteiger partial charge on any atom is -0.481 e. The number of nitrogens with zero attached hydrogens (tertiary/aromatic N) is 3. The normalized spacial score (nSPS) is 20.4. The standard InChI is InChI=1S/C20H25N3O3/c1-13-10-22(11-15(13)19(25)26)18(24)16-12-23(14-8-6-5-7-9-14)21-17(16)20(2,3)4/h5-9,12-13,15H,10-11H2,1-4H3,(H,25,26)/t13-,15-/m1/s1. The van der Waals surface area contributed by atoms with Crippen molar-refractivity contribution in [1.82, 2.24) is 14.7 Å². The molecule has 1 aliphatic rings. The van der Waals surface area contributed by atoms with E-state index in [-0.39, 0.29) is 23.8 Å². The van der Waals surface area contributed by atoms with E-state index in [1.807, 2.05) is 58.0 Å². The summed E-state index contributed by atoms with van der Waals surface area (Å²) in [5, 5.41) is 14.0. The van der Waals surface area contributed by atoms with Crippen molar-refractivity contribution in [3.63, 3.8) is 0 Å². The van der Waals surface area contributed by atoms with Gasteiger partial charge in [0.1, 0.15) is 0 Å². The van der Waals surface area contributed by atoms with Crippen molar-refractivity contribution < 1.29 is 14.7 Å². The summed E-state index contributed by atoms with van der Waals surface area (Å²) >= 11 is 0. The molecule has 2 heterocycles. The van der Waals surface area contributed by atoms with Gasteiger partial charge in [-0.05, 0) is 18.1 Å². The monoisotopic (exact) mass is 355 g/mol. The number of carboxylic acid groups (broad SMARTS) is 1. The summed E-state index contributed by atoms with van der Waals surface area (Å²) in [6.45, 7) is 8.64. The molecule has 1 saturated heterocycles. The lowest BCUT2D eigenvalue weighted by Crippen LogP contribution is -2.31. The Balaban J connectivity index is 1.97. The molecule has 1 aromatic carbocycles. The number of amides is 1. The molecule has 1 fully saturated rings. The van der Waals surface area contributed by atoms with Crippen molar-refractivity contribution in [3.8, 4) is 5.69 Å². The second kappa shape index (κ2) is 6.59. The molecule has 0 aliphatic carbocycles. The highest BCUT2D eigenvalue weighted by molar-refractivity contribution is 5.96. The number of carbonyl (C=O) groups is 2. The number of benzene rings is 1. The molecule has 0 spiro atoms. The van der Waals surface area contributed by atoms with Crippen LogP contribution in [0.1, 0.15) is 43.7 Å². The van der Waals surface area contributed by atoms with E-state index in [0.717, 1.165) is 11.4 Å². The molecule has 1 aliphatic heterocycles.